The van der Waals surface area contributed by atoms with Crippen LogP contribution in [0.3, 0.4) is 0 Å². The number of allylic oxidation sites excluding steroid dienone is 1. The van der Waals surface area contributed by atoms with Gasteiger partial charge in [0.15, 0.2) is 0 Å². The van der Waals surface area contributed by atoms with Gasteiger partial charge in [0, 0.05) is 5.56 Å². The van der Waals surface area contributed by atoms with Gasteiger partial charge in [-0.3, -0.25) is 4.79 Å². The first-order valence-corrected chi connectivity index (χ1v) is 3.63. The Kier molecular flexibility index (Phi) is 3.08. The highest BCUT2D eigenvalue weighted by atomic mass is 16.5. The molecule has 0 aliphatic heterocycles. The van der Waals surface area contributed by atoms with Crippen molar-refractivity contribution in [3.63, 3.8) is 0 Å². The third kappa shape index (κ3) is 1.95. The van der Waals surface area contributed by atoms with Crippen LogP contribution in [-0.4, -0.2) is 13.4 Å². The van der Waals surface area contributed by atoms with Gasteiger partial charge in [-0.05, 0) is 18.2 Å². The number of hydrogen-bond donors (Lipinski definition) is 0. The molecule has 0 N–H and O–H groups in total. The minimum atomic E-state index is 0.742. The van der Waals surface area contributed by atoms with Gasteiger partial charge in [-0.1, -0.05) is 18.2 Å². The molecule has 2 nitrogen and oxygen atoms in total. The predicted octanol–water partition coefficient (Wildman–Crippen LogP) is 1.91. The van der Waals surface area contributed by atoms with E-state index in [0.717, 1.165) is 17.6 Å². The Bertz CT molecular complexity index is 290. The van der Waals surface area contributed by atoms with E-state index in [2.05, 4.69) is 0 Å². The molecule has 0 aliphatic rings. The molecule has 0 atom stereocenters. The molecule has 0 radical (unpaired) electrons. The number of methoxy groups -OCH3 is 1. The highest BCUT2D eigenvalue weighted by Crippen LogP contribution is 2.17. The Morgan fingerprint density at radius 3 is 2.75 bits per heavy atom. The topological polar surface area (TPSA) is 26.3 Å². The summed E-state index contributed by atoms with van der Waals surface area (Å²) < 4.78 is 5.08. The molecule has 12 heavy (non-hydrogen) atoms. The van der Waals surface area contributed by atoms with Crippen molar-refractivity contribution >= 4 is 12.4 Å². The Hall–Kier alpha value is -1.57. The van der Waals surface area contributed by atoms with Gasteiger partial charge in [0.25, 0.3) is 0 Å². The summed E-state index contributed by atoms with van der Waals surface area (Å²) in [7, 11) is 1.60. The van der Waals surface area contributed by atoms with E-state index in [0.29, 0.717) is 0 Å². The zero-order valence-electron chi connectivity index (χ0n) is 6.86. The Morgan fingerprint density at radius 2 is 2.08 bits per heavy atom. The molecule has 0 heterocycles. The molecule has 0 spiro atoms. The molecular formula is C10H10O2. The number of rotatable bonds is 3. The van der Waals surface area contributed by atoms with E-state index >= 15 is 0 Å². The molecule has 0 unspecified atom stereocenters. The van der Waals surface area contributed by atoms with Gasteiger partial charge in [0.05, 0.1) is 7.11 Å². The van der Waals surface area contributed by atoms with E-state index < -0.39 is 0 Å². The third-order valence-electron chi connectivity index (χ3n) is 1.49. The Labute approximate surface area is 71.5 Å². The van der Waals surface area contributed by atoms with Crippen LogP contribution in [0.2, 0.25) is 0 Å². The van der Waals surface area contributed by atoms with E-state index in [1.165, 1.54) is 6.08 Å². The summed E-state index contributed by atoms with van der Waals surface area (Å²) in [5.41, 5.74) is 0.909. The molecule has 62 valence electrons. The molecule has 0 aliphatic carbocycles. The lowest BCUT2D eigenvalue weighted by atomic mass is 10.2. The van der Waals surface area contributed by atoms with Crippen LogP contribution in [0.15, 0.2) is 30.3 Å². The zero-order chi connectivity index (χ0) is 8.81. The molecule has 0 saturated carbocycles. The van der Waals surface area contributed by atoms with E-state index in [-0.39, 0.29) is 0 Å². The fourth-order valence-corrected chi connectivity index (χ4v) is 0.947. The number of para-hydroxylation sites is 1. The van der Waals surface area contributed by atoms with Gasteiger partial charge >= 0.3 is 0 Å². The van der Waals surface area contributed by atoms with Gasteiger partial charge in [-0.2, -0.15) is 0 Å². The molecule has 2 heteroatoms. The standard InChI is InChI=1S/C10H10O2/c1-12-10-7-3-2-5-9(10)6-4-8-11/h2-8H,1H3/b6-4-. The molecule has 0 aromatic heterocycles. The summed E-state index contributed by atoms with van der Waals surface area (Å²) >= 11 is 0. The molecule has 1 rings (SSSR count). The number of ether oxygens (including phenoxy) is 1. The minimum absolute atomic E-state index is 0.742. The zero-order valence-corrected chi connectivity index (χ0v) is 6.86. The van der Waals surface area contributed by atoms with E-state index in [9.17, 15) is 4.79 Å². The fraction of sp³-hybridized carbons (Fsp3) is 0.100. The van der Waals surface area contributed by atoms with Crippen LogP contribution >= 0.6 is 0 Å². The van der Waals surface area contributed by atoms with E-state index in [1.54, 1.807) is 13.2 Å². The highest BCUT2D eigenvalue weighted by Gasteiger charge is 1.94. The SMILES string of the molecule is COc1ccccc1/C=C\C=O. The van der Waals surface area contributed by atoms with Crippen molar-refractivity contribution in [2.24, 2.45) is 0 Å². The maximum atomic E-state index is 10.1. The van der Waals surface area contributed by atoms with E-state index in [1.807, 2.05) is 24.3 Å². The van der Waals surface area contributed by atoms with E-state index in [4.69, 9.17) is 4.74 Å². The van der Waals surface area contributed by atoms with Crippen molar-refractivity contribution in [1.82, 2.24) is 0 Å². The molecule has 1 aromatic rings. The quantitative estimate of drug-likeness (QED) is 0.501. The molecule has 1 aromatic carbocycles. The maximum Gasteiger partial charge on any atom is 0.142 e. The molecule has 0 fully saturated rings. The van der Waals surface area contributed by atoms with Gasteiger partial charge in [-0.25, -0.2) is 0 Å². The first-order valence-electron chi connectivity index (χ1n) is 3.63. The van der Waals surface area contributed by atoms with Gasteiger partial charge in [-0.15, -0.1) is 0 Å². The van der Waals surface area contributed by atoms with Crippen LogP contribution in [0.4, 0.5) is 0 Å². The lowest BCUT2D eigenvalue weighted by Gasteiger charge is -2.02. The first-order chi connectivity index (χ1) is 5.88. The number of hydrogen-bond acceptors (Lipinski definition) is 2. The van der Waals surface area contributed by atoms with Crippen LogP contribution < -0.4 is 4.74 Å². The van der Waals surface area contributed by atoms with Crippen LogP contribution in [0, 0.1) is 0 Å². The summed E-state index contributed by atoms with van der Waals surface area (Å²) in [6.07, 6.45) is 3.90. The lowest BCUT2D eigenvalue weighted by molar-refractivity contribution is -0.104. The first kappa shape index (κ1) is 8.53. The number of carbonyl (C=O) groups is 1. The fourth-order valence-electron chi connectivity index (χ4n) is 0.947. The predicted molar refractivity (Wildman–Crippen MR) is 48.1 cm³/mol. The summed E-state index contributed by atoms with van der Waals surface area (Å²) in [4.78, 5) is 10.1. The van der Waals surface area contributed by atoms with Crippen molar-refractivity contribution in [2.75, 3.05) is 7.11 Å². The van der Waals surface area contributed by atoms with Crippen LogP contribution in [0.5, 0.6) is 5.75 Å². The molecule has 0 bridgehead atoms. The smallest absolute Gasteiger partial charge is 0.142 e. The summed E-state index contributed by atoms with van der Waals surface area (Å²) in [5, 5.41) is 0. The van der Waals surface area contributed by atoms with Crippen molar-refractivity contribution in [3.05, 3.63) is 35.9 Å². The third-order valence-corrected chi connectivity index (χ3v) is 1.49. The lowest BCUT2D eigenvalue weighted by Crippen LogP contribution is -1.85. The summed E-state index contributed by atoms with van der Waals surface area (Å²) in [6, 6.07) is 7.52. The normalized spacial score (nSPS) is 10.1. The van der Waals surface area contributed by atoms with Crippen molar-refractivity contribution in [3.8, 4) is 5.75 Å². The van der Waals surface area contributed by atoms with Gasteiger partial charge in [0.1, 0.15) is 12.0 Å². The maximum absolute atomic E-state index is 10.1. The van der Waals surface area contributed by atoms with Crippen molar-refractivity contribution in [1.29, 1.82) is 0 Å². The summed E-state index contributed by atoms with van der Waals surface area (Å²) in [6.45, 7) is 0. The van der Waals surface area contributed by atoms with Gasteiger partial charge < -0.3 is 4.74 Å². The minimum Gasteiger partial charge on any atom is -0.496 e. The number of aldehydes is 1. The largest absolute Gasteiger partial charge is 0.496 e. The molecular weight excluding hydrogens is 152 g/mol. The van der Waals surface area contributed by atoms with Crippen LogP contribution in [0.25, 0.3) is 6.08 Å². The van der Waals surface area contributed by atoms with Crippen LogP contribution in [-0.2, 0) is 4.79 Å². The Balaban J connectivity index is 2.96. The molecule has 0 saturated heterocycles. The highest BCUT2D eigenvalue weighted by molar-refractivity contribution is 5.75. The van der Waals surface area contributed by atoms with Gasteiger partial charge in [0.2, 0.25) is 0 Å². The van der Waals surface area contributed by atoms with Crippen molar-refractivity contribution in [2.45, 2.75) is 0 Å². The van der Waals surface area contributed by atoms with Crippen molar-refractivity contribution < 1.29 is 9.53 Å². The second-order valence-electron chi connectivity index (χ2n) is 2.24. The number of benzene rings is 1. The second-order valence-corrected chi connectivity index (χ2v) is 2.24. The number of carbonyl (C=O) groups excluding carboxylic acids is 1. The molecule has 0 amide bonds. The average Bonchev–Trinajstić information content (AvgIpc) is 2.15. The van der Waals surface area contributed by atoms with Crippen LogP contribution in [0.1, 0.15) is 5.56 Å². The monoisotopic (exact) mass is 162 g/mol. The Morgan fingerprint density at radius 1 is 1.33 bits per heavy atom. The second kappa shape index (κ2) is 4.34. The summed E-state index contributed by atoms with van der Waals surface area (Å²) in [5.74, 6) is 0.774. The average molecular weight is 162 g/mol.